The first-order valence-corrected chi connectivity index (χ1v) is 7.70. The molecule has 1 aromatic carbocycles. The molecule has 0 aliphatic heterocycles. The number of aryl methyl sites for hydroxylation is 1. The summed E-state index contributed by atoms with van der Waals surface area (Å²) >= 11 is 0. The summed E-state index contributed by atoms with van der Waals surface area (Å²) in [7, 11) is 0. The van der Waals surface area contributed by atoms with Gasteiger partial charge in [-0.2, -0.15) is 0 Å². The Bertz CT molecular complexity index is 608. The van der Waals surface area contributed by atoms with Gasteiger partial charge >= 0.3 is 0 Å². The van der Waals surface area contributed by atoms with Crippen molar-refractivity contribution in [1.29, 1.82) is 0 Å². The molecule has 1 aliphatic carbocycles. The standard InChI is InChI=1S/C18H22N2O/c1-3-19-18(17-9-4-6-13(2)20-17)14-7-5-8-16(12-14)21-15-10-11-15/h4-9,12,15,18-19H,3,10-11H2,1-2H3. The van der Waals surface area contributed by atoms with Gasteiger partial charge in [-0.15, -0.1) is 0 Å². The molecular weight excluding hydrogens is 260 g/mol. The first-order chi connectivity index (χ1) is 10.3. The van der Waals surface area contributed by atoms with E-state index in [9.17, 15) is 0 Å². The summed E-state index contributed by atoms with van der Waals surface area (Å²) in [5, 5.41) is 3.52. The van der Waals surface area contributed by atoms with E-state index in [-0.39, 0.29) is 6.04 Å². The molecule has 1 aliphatic rings. The molecule has 3 nitrogen and oxygen atoms in total. The van der Waals surface area contributed by atoms with Crippen LogP contribution in [0.25, 0.3) is 0 Å². The van der Waals surface area contributed by atoms with Crippen LogP contribution < -0.4 is 10.1 Å². The minimum atomic E-state index is 0.109. The third-order valence-corrected chi connectivity index (χ3v) is 3.63. The van der Waals surface area contributed by atoms with Crippen LogP contribution in [0.1, 0.15) is 42.8 Å². The molecule has 3 rings (SSSR count). The summed E-state index contributed by atoms with van der Waals surface area (Å²) in [6.45, 7) is 5.04. The van der Waals surface area contributed by atoms with E-state index in [1.165, 1.54) is 18.4 Å². The second kappa shape index (κ2) is 6.27. The van der Waals surface area contributed by atoms with Gasteiger partial charge < -0.3 is 10.1 Å². The van der Waals surface area contributed by atoms with Gasteiger partial charge in [0.05, 0.1) is 17.8 Å². The molecule has 2 aromatic rings. The van der Waals surface area contributed by atoms with Crippen molar-refractivity contribution in [2.75, 3.05) is 6.54 Å². The number of aromatic nitrogens is 1. The molecule has 110 valence electrons. The quantitative estimate of drug-likeness (QED) is 0.878. The molecule has 1 aromatic heterocycles. The number of pyridine rings is 1. The van der Waals surface area contributed by atoms with Crippen LogP contribution in [0.3, 0.4) is 0 Å². The highest BCUT2D eigenvalue weighted by molar-refractivity contribution is 5.35. The van der Waals surface area contributed by atoms with Crippen molar-refractivity contribution < 1.29 is 4.74 Å². The van der Waals surface area contributed by atoms with Crippen molar-refractivity contribution in [2.24, 2.45) is 0 Å². The van der Waals surface area contributed by atoms with Gasteiger partial charge in [0.1, 0.15) is 5.75 Å². The third-order valence-electron chi connectivity index (χ3n) is 3.63. The van der Waals surface area contributed by atoms with Crippen LogP contribution >= 0.6 is 0 Å². The number of benzene rings is 1. The number of hydrogen-bond donors (Lipinski definition) is 1. The Kier molecular flexibility index (Phi) is 4.20. The van der Waals surface area contributed by atoms with Crippen LogP contribution in [-0.2, 0) is 0 Å². The molecule has 1 heterocycles. The Balaban J connectivity index is 1.88. The van der Waals surface area contributed by atoms with Crippen molar-refractivity contribution in [3.05, 3.63) is 59.4 Å². The lowest BCUT2D eigenvalue weighted by molar-refractivity contribution is 0.302. The molecular formula is C18H22N2O. The number of hydrogen-bond acceptors (Lipinski definition) is 3. The minimum absolute atomic E-state index is 0.109. The highest BCUT2D eigenvalue weighted by Crippen LogP contribution is 2.29. The van der Waals surface area contributed by atoms with Gasteiger partial charge in [-0.25, -0.2) is 0 Å². The van der Waals surface area contributed by atoms with Gasteiger partial charge in [-0.3, -0.25) is 4.98 Å². The highest BCUT2D eigenvalue weighted by atomic mass is 16.5. The molecule has 0 saturated heterocycles. The van der Waals surface area contributed by atoms with Crippen LogP contribution in [-0.4, -0.2) is 17.6 Å². The molecule has 21 heavy (non-hydrogen) atoms. The highest BCUT2D eigenvalue weighted by Gasteiger charge is 2.24. The zero-order valence-electron chi connectivity index (χ0n) is 12.7. The van der Waals surface area contributed by atoms with E-state index in [1.807, 2.05) is 19.1 Å². The Morgan fingerprint density at radius 2 is 2.05 bits per heavy atom. The van der Waals surface area contributed by atoms with E-state index in [1.54, 1.807) is 0 Å². The summed E-state index contributed by atoms with van der Waals surface area (Å²) in [6, 6.07) is 14.6. The maximum absolute atomic E-state index is 5.91. The van der Waals surface area contributed by atoms with E-state index in [0.717, 1.165) is 23.7 Å². The summed E-state index contributed by atoms with van der Waals surface area (Å²) in [6.07, 6.45) is 2.79. The largest absolute Gasteiger partial charge is 0.490 e. The van der Waals surface area contributed by atoms with Gasteiger partial charge in [0, 0.05) is 5.69 Å². The molecule has 1 saturated carbocycles. The average molecular weight is 282 g/mol. The fourth-order valence-corrected chi connectivity index (χ4v) is 2.47. The fourth-order valence-electron chi connectivity index (χ4n) is 2.47. The lowest BCUT2D eigenvalue weighted by Gasteiger charge is -2.19. The van der Waals surface area contributed by atoms with Crippen molar-refractivity contribution in [2.45, 2.75) is 38.8 Å². The molecule has 1 fully saturated rings. The molecule has 0 spiro atoms. The van der Waals surface area contributed by atoms with E-state index in [0.29, 0.717) is 6.10 Å². The van der Waals surface area contributed by atoms with E-state index in [2.05, 4.69) is 47.6 Å². The molecule has 1 N–H and O–H groups in total. The van der Waals surface area contributed by atoms with Crippen LogP contribution in [0.15, 0.2) is 42.5 Å². The van der Waals surface area contributed by atoms with E-state index >= 15 is 0 Å². The lowest BCUT2D eigenvalue weighted by atomic mass is 10.0. The van der Waals surface area contributed by atoms with Crippen LogP contribution in [0.2, 0.25) is 0 Å². The van der Waals surface area contributed by atoms with Crippen LogP contribution in [0.5, 0.6) is 5.75 Å². The Hall–Kier alpha value is -1.87. The summed E-state index contributed by atoms with van der Waals surface area (Å²) in [4.78, 5) is 4.67. The predicted molar refractivity (Wildman–Crippen MR) is 84.6 cm³/mol. The fraction of sp³-hybridized carbons (Fsp3) is 0.389. The Labute approximate surface area is 126 Å². The Morgan fingerprint density at radius 3 is 2.76 bits per heavy atom. The molecule has 3 heteroatoms. The monoisotopic (exact) mass is 282 g/mol. The smallest absolute Gasteiger partial charge is 0.120 e. The molecule has 0 radical (unpaired) electrons. The number of rotatable bonds is 6. The van der Waals surface area contributed by atoms with Gasteiger partial charge in [-0.1, -0.05) is 25.1 Å². The van der Waals surface area contributed by atoms with Gasteiger partial charge in [0.2, 0.25) is 0 Å². The predicted octanol–water partition coefficient (Wildman–Crippen LogP) is 3.63. The topological polar surface area (TPSA) is 34.1 Å². The summed E-state index contributed by atoms with van der Waals surface area (Å²) < 4.78 is 5.91. The molecule has 1 atom stereocenters. The zero-order chi connectivity index (χ0) is 14.7. The van der Waals surface area contributed by atoms with E-state index < -0.39 is 0 Å². The van der Waals surface area contributed by atoms with Crippen molar-refractivity contribution in [3.63, 3.8) is 0 Å². The van der Waals surface area contributed by atoms with Gasteiger partial charge in [-0.05, 0) is 56.1 Å². The summed E-state index contributed by atoms with van der Waals surface area (Å²) in [5.74, 6) is 0.963. The maximum atomic E-state index is 5.91. The van der Waals surface area contributed by atoms with Gasteiger partial charge in [0.25, 0.3) is 0 Å². The van der Waals surface area contributed by atoms with Crippen molar-refractivity contribution in [1.82, 2.24) is 10.3 Å². The molecule has 0 amide bonds. The van der Waals surface area contributed by atoms with Gasteiger partial charge in [0.15, 0.2) is 0 Å². The van der Waals surface area contributed by atoms with Crippen molar-refractivity contribution in [3.8, 4) is 5.75 Å². The number of nitrogens with one attached hydrogen (secondary N) is 1. The lowest BCUT2D eigenvalue weighted by Crippen LogP contribution is -2.23. The second-order valence-electron chi connectivity index (χ2n) is 5.58. The van der Waals surface area contributed by atoms with E-state index in [4.69, 9.17) is 4.74 Å². The number of nitrogens with zero attached hydrogens (tertiary/aromatic N) is 1. The molecule has 0 bridgehead atoms. The SMILES string of the molecule is CCNC(c1cccc(OC2CC2)c1)c1cccc(C)n1. The summed E-state index contributed by atoms with van der Waals surface area (Å²) in [5.41, 5.74) is 3.30. The molecule has 1 unspecified atom stereocenters. The Morgan fingerprint density at radius 1 is 1.24 bits per heavy atom. The first-order valence-electron chi connectivity index (χ1n) is 7.70. The maximum Gasteiger partial charge on any atom is 0.120 e. The second-order valence-corrected chi connectivity index (χ2v) is 5.58. The number of ether oxygens (including phenoxy) is 1. The van der Waals surface area contributed by atoms with Crippen molar-refractivity contribution >= 4 is 0 Å². The normalized spacial score (nSPS) is 15.7. The zero-order valence-corrected chi connectivity index (χ0v) is 12.7. The third kappa shape index (κ3) is 3.61. The van der Waals surface area contributed by atoms with Crippen LogP contribution in [0, 0.1) is 6.92 Å². The first kappa shape index (κ1) is 14.1. The average Bonchev–Trinajstić information content (AvgIpc) is 3.29. The minimum Gasteiger partial charge on any atom is -0.490 e. The van der Waals surface area contributed by atoms with Crippen LogP contribution in [0.4, 0.5) is 0 Å².